The van der Waals surface area contributed by atoms with Crippen molar-refractivity contribution < 1.29 is 14.3 Å². The summed E-state index contributed by atoms with van der Waals surface area (Å²) in [4.78, 5) is 29.2. The van der Waals surface area contributed by atoms with Gasteiger partial charge in [0.1, 0.15) is 12.2 Å². The number of aryl methyl sites for hydroxylation is 1. The number of carbonyl (C=O) groups is 1. The quantitative estimate of drug-likeness (QED) is 0.345. The standard InChI is InChI=1S/C26H31N7O3/c1-4-32-20(16-21(34)36-5-2)27-22-23(31-14-10-7-11-15-31)28-26(29-24(22)32)33-17-19(25(30-33)35-3)18-12-8-6-9-13-18/h6,8-9,12-13,17H,4-5,7,10-11,14-16H2,1-3H3. The van der Waals surface area contributed by atoms with E-state index in [2.05, 4.69) is 10.00 Å². The molecule has 1 aliphatic heterocycles. The molecule has 1 aromatic carbocycles. The summed E-state index contributed by atoms with van der Waals surface area (Å²) in [5.74, 6) is 2.01. The van der Waals surface area contributed by atoms with Crippen molar-refractivity contribution in [3.8, 4) is 23.0 Å². The summed E-state index contributed by atoms with van der Waals surface area (Å²) in [6.45, 7) is 6.56. The van der Waals surface area contributed by atoms with E-state index < -0.39 is 0 Å². The molecule has 0 atom stereocenters. The van der Waals surface area contributed by atoms with Crippen molar-refractivity contribution in [1.82, 2.24) is 29.3 Å². The third-order valence-corrected chi connectivity index (χ3v) is 6.39. The molecule has 0 spiro atoms. The van der Waals surface area contributed by atoms with Crippen LogP contribution in [-0.2, 0) is 22.5 Å². The van der Waals surface area contributed by atoms with Gasteiger partial charge < -0.3 is 18.9 Å². The molecule has 0 amide bonds. The van der Waals surface area contributed by atoms with E-state index in [-0.39, 0.29) is 12.4 Å². The lowest BCUT2D eigenvalue weighted by Gasteiger charge is -2.27. The van der Waals surface area contributed by atoms with Crippen LogP contribution in [0.25, 0.3) is 28.2 Å². The molecule has 188 valence electrons. The number of esters is 1. The first kappa shape index (κ1) is 23.8. The molecule has 3 aromatic heterocycles. The summed E-state index contributed by atoms with van der Waals surface area (Å²) in [6, 6.07) is 9.96. The highest BCUT2D eigenvalue weighted by atomic mass is 16.5. The molecule has 0 aliphatic carbocycles. The van der Waals surface area contributed by atoms with Crippen LogP contribution in [0.2, 0.25) is 0 Å². The van der Waals surface area contributed by atoms with Gasteiger partial charge in [-0.1, -0.05) is 30.3 Å². The van der Waals surface area contributed by atoms with Gasteiger partial charge in [0.15, 0.2) is 17.0 Å². The van der Waals surface area contributed by atoms with Gasteiger partial charge in [0, 0.05) is 25.8 Å². The molecule has 10 nitrogen and oxygen atoms in total. The van der Waals surface area contributed by atoms with Gasteiger partial charge in [-0.3, -0.25) is 4.79 Å². The van der Waals surface area contributed by atoms with E-state index in [1.165, 1.54) is 6.42 Å². The van der Waals surface area contributed by atoms with E-state index in [4.69, 9.17) is 24.4 Å². The highest BCUT2D eigenvalue weighted by molar-refractivity contribution is 5.86. The summed E-state index contributed by atoms with van der Waals surface area (Å²) in [7, 11) is 1.61. The zero-order valence-electron chi connectivity index (χ0n) is 21.0. The summed E-state index contributed by atoms with van der Waals surface area (Å²) < 4.78 is 14.4. The zero-order chi connectivity index (χ0) is 25.1. The number of carbonyl (C=O) groups excluding carboxylic acids is 1. The minimum absolute atomic E-state index is 0.0839. The van der Waals surface area contributed by atoms with Gasteiger partial charge in [-0.25, -0.2) is 9.67 Å². The number of piperidine rings is 1. The summed E-state index contributed by atoms with van der Waals surface area (Å²) in [6.07, 6.45) is 5.37. The predicted octanol–water partition coefficient (Wildman–Crippen LogP) is 3.80. The Morgan fingerprint density at radius 1 is 1.03 bits per heavy atom. The Morgan fingerprint density at radius 3 is 2.50 bits per heavy atom. The van der Waals surface area contributed by atoms with E-state index >= 15 is 0 Å². The third kappa shape index (κ3) is 4.50. The fourth-order valence-electron chi connectivity index (χ4n) is 4.68. The Labute approximate surface area is 209 Å². The lowest BCUT2D eigenvalue weighted by molar-refractivity contribution is -0.142. The molecule has 0 bridgehead atoms. The van der Waals surface area contributed by atoms with Gasteiger partial charge in [-0.05, 0) is 38.7 Å². The number of hydrogen-bond donors (Lipinski definition) is 0. The number of imidazole rings is 1. The largest absolute Gasteiger partial charge is 0.479 e. The number of aromatic nitrogens is 6. The maximum Gasteiger partial charge on any atom is 0.313 e. The van der Waals surface area contributed by atoms with Crippen LogP contribution in [0.4, 0.5) is 5.82 Å². The number of nitrogens with zero attached hydrogens (tertiary/aromatic N) is 7. The number of fused-ring (bicyclic) bond motifs is 1. The highest BCUT2D eigenvalue weighted by Crippen LogP contribution is 2.32. The van der Waals surface area contributed by atoms with Gasteiger partial charge in [-0.15, -0.1) is 5.10 Å². The van der Waals surface area contributed by atoms with Crippen LogP contribution in [-0.4, -0.2) is 62.1 Å². The van der Waals surface area contributed by atoms with Gasteiger partial charge in [0.05, 0.1) is 19.3 Å². The van der Waals surface area contributed by atoms with Gasteiger partial charge in [0.25, 0.3) is 5.95 Å². The summed E-state index contributed by atoms with van der Waals surface area (Å²) >= 11 is 0. The lowest BCUT2D eigenvalue weighted by atomic mass is 10.1. The van der Waals surface area contributed by atoms with Crippen LogP contribution in [0.5, 0.6) is 5.88 Å². The molecule has 1 aliphatic rings. The second-order valence-electron chi connectivity index (χ2n) is 8.68. The molecule has 5 rings (SSSR count). The van der Waals surface area contributed by atoms with Gasteiger partial charge in [0.2, 0.25) is 5.88 Å². The second kappa shape index (κ2) is 10.3. The van der Waals surface area contributed by atoms with Crippen molar-refractivity contribution in [2.24, 2.45) is 0 Å². The second-order valence-corrected chi connectivity index (χ2v) is 8.68. The molecule has 0 N–H and O–H groups in total. The van der Waals surface area contributed by atoms with Crippen molar-refractivity contribution in [2.75, 3.05) is 31.7 Å². The fraction of sp³-hybridized carbons (Fsp3) is 0.423. The van der Waals surface area contributed by atoms with E-state index in [0.29, 0.717) is 42.0 Å². The summed E-state index contributed by atoms with van der Waals surface area (Å²) in [5, 5.41) is 4.65. The monoisotopic (exact) mass is 489 g/mol. The summed E-state index contributed by atoms with van der Waals surface area (Å²) in [5.41, 5.74) is 3.23. The Bertz CT molecular complexity index is 1360. The van der Waals surface area contributed by atoms with Crippen molar-refractivity contribution in [3.63, 3.8) is 0 Å². The Balaban J connectivity index is 1.67. The molecule has 0 radical (unpaired) electrons. The molecule has 4 heterocycles. The number of methoxy groups -OCH3 is 1. The third-order valence-electron chi connectivity index (χ3n) is 6.39. The average molecular weight is 490 g/mol. The van der Waals surface area contributed by atoms with Crippen molar-refractivity contribution in [3.05, 3.63) is 42.4 Å². The van der Waals surface area contributed by atoms with Crippen LogP contribution in [0.1, 0.15) is 38.9 Å². The fourth-order valence-corrected chi connectivity index (χ4v) is 4.68. The molecular formula is C26H31N7O3. The number of rotatable bonds is 8. The van der Waals surface area contributed by atoms with E-state index in [9.17, 15) is 4.79 Å². The van der Waals surface area contributed by atoms with E-state index in [0.717, 1.165) is 42.9 Å². The van der Waals surface area contributed by atoms with Gasteiger partial charge >= 0.3 is 5.97 Å². The lowest BCUT2D eigenvalue weighted by Crippen LogP contribution is -2.31. The predicted molar refractivity (Wildman–Crippen MR) is 137 cm³/mol. The Morgan fingerprint density at radius 2 is 1.81 bits per heavy atom. The van der Waals surface area contributed by atoms with Crippen molar-refractivity contribution >= 4 is 23.0 Å². The maximum atomic E-state index is 12.3. The zero-order valence-corrected chi connectivity index (χ0v) is 21.0. The van der Waals surface area contributed by atoms with Crippen LogP contribution in [0, 0.1) is 0 Å². The van der Waals surface area contributed by atoms with Crippen molar-refractivity contribution in [2.45, 2.75) is 46.1 Å². The SMILES string of the molecule is CCOC(=O)Cc1nc2c(N3CCCCC3)nc(-n3cc(-c4ccccc4)c(OC)n3)nc2n1CC. The maximum absolute atomic E-state index is 12.3. The first-order chi connectivity index (χ1) is 17.6. The van der Waals surface area contributed by atoms with Crippen molar-refractivity contribution in [1.29, 1.82) is 0 Å². The van der Waals surface area contributed by atoms with E-state index in [1.807, 2.05) is 48.0 Å². The van der Waals surface area contributed by atoms with E-state index in [1.54, 1.807) is 18.7 Å². The molecule has 0 saturated carbocycles. The highest BCUT2D eigenvalue weighted by Gasteiger charge is 2.25. The minimum atomic E-state index is -0.306. The first-order valence-electron chi connectivity index (χ1n) is 12.5. The molecule has 10 heteroatoms. The Kier molecular flexibility index (Phi) is 6.84. The smallest absolute Gasteiger partial charge is 0.313 e. The topological polar surface area (TPSA) is 100 Å². The average Bonchev–Trinajstić information content (AvgIpc) is 3.50. The molecule has 1 saturated heterocycles. The van der Waals surface area contributed by atoms with Crippen LogP contribution in [0.15, 0.2) is 36.5 Å². The number of ether oxygens (including phenoxy) is 2. The van der Waals surface area contributed by atoms with Gasteiger partial charge in [-0.2, -0.15) is 9.97 Å². The minimum Gasteiger partial charge on any atom is -0.479 e. The normalized spacial score (nSPS) is 13.8. The molecule has 4 aromatic rings. The Hall–Kier alpha value is -3.95. The molecule has 1 fully saturated rings. The van der Waals surface area contributed by atoms with Crippen LogP contribution >= 0.6 is 0 Å². The molecular weight excluding hydrogens is 458 g/mol. The number of benzene rings is 1. The number of hydrogen-bond acceptors (Lipinski definition) is 8. The first-order valence-corrected chi connectivity index (χ1v) is 12.5. The molecule has 0 unspecified atom stereocenters. The molecule has 36 heavy (non-hydrogen) atoms. The van der Waals surface area contributed by atoms with Crippen LogP contribution in [0.3, 0.4) is 0 Å². The number of anilines is 1. The van der Waals surface area contributed by atoms with Crippen LogP contribution < -0.4 is 9.64 Å².